The lowest BCUT2D eigenvalue weighted by Crippen LogP contribution is -2.12. The van der Waals surface area contributed by atoms with Gasteiger partial charge < -0.3 is 0 Å². The fourth-order valence-electron chi connectivity index (χ4n) is 1.72. The number of halogens is 3. The predicted octanol–water partition coefficient (Wildman–Crippen LogP) is 3.70. The van der Waals surface area contributed by atoms with Gasteiger partial charge in [0.25, 0.3) is 0 Å². The molecule has 21 heavy (non-hydrogen) atoms. The Labute approximate surface area is 122 Å². The molecule has 1 unspecified atom stereocenters. The number of benzene rings is 2. The second-order valence-electron chi connectivity index (χ2n) is 4.30. The monoisotopic (exact) mass is 312 g/mol. The van der Waals surface area contributed by atoms with Gasteiger partial charge in [0.15, 0.2) is 5.78 Å². The van der Waals surface area contributed by atoms with Crippen LogP contribution >= 0.6 is 0 Å². The first-order chi connectivity index (χ1) is 9.88. The van der Waals surface area contributed by atoms with Crippen LogP contribution in [0.1, 0.15) is 15.9 Å². The van der Waals surface area contributed by atoms with E-state index in [1.165, 1.54) is 12.1 Å². The van der Waals surface area contributed by atoms with Crippen LogP contribution in [0.15, 0.2) is 59.5 Å². The number of carbonyl (C=O) groups is 1. The Kier molecular flexibility index (Phi) is 4.57. The zero-order valence-corrected chi connectivity index (χ0v) is 11.6. The summed E-state index contributed by atoms with van der Waals surface area (Å²) in [5, 5.41) is 0. The van der Waals surface area contributed by atoms with Crippen LogP contribution in [0.25, 0.3) is 0 Å². The van der Waals surface area contributed by atoms with Gasteiger partial charge in [0.05, 0.1) is 22.1 Å². The molecule has 2 nitrogen and oxygen atoms in total. The molecule has 0 amide bonds. The minimum absolute atomic E-state index is 0.00546. The summed E-state index contributed by atoms with van der Waals surface area (Å²) in [6.07, 6.45) is -4.50. The summed E-state index contributed by atoms with van der Waals surface area (Å²) in [7, 11) is -1.81. The highest BCUT2D eigenvalue weighted by atomic mass is 32.2. The summed E-state index contributed by atoms with van der Waals surface area (Å²) in [4.78, 5) is 11.9. The second kappa shape index (κ2) is 6.22. The summed E-state index contributed by atoms with van der Waals surface area (Å²) in [6, 6.07) is 12.4. The van der Waals surface area contributed by atoms with Crippen molar-refractivity contribution in [3.8, 4) is 0 Å². The molecule has 110 valence electrons. The molecule has 2 aromatic carbocycles. The van der Waals surface area contributed by atoms with Crippen molar-refractivity contribution in [1.29, 1.82) is 0 Å². The average molecular weight is 312 g/mol. The van der Waals surface area contributed by atoms with Gasteiger partial charge in [0.1, 0.15) is 0 Å². The van der Waals surface area contributed by atoms with Crippen LogP contribution < -0.4 is 0 Å². The van der Waals surface area contributed by atoms with Crippen LogP contribution in [0.3, 0.4) is 0 Å². The summed E-state index contributed by atoms with van der Waals surface area (Å²) in [5.74, 6) is -0.711. The van der Waals surface area contributed by atoms with Gasteiger partial charge in [-0.05, 0) is 18.2 Å². The van der Waals surface area contributed by atoms with Gasteiger partial charge in [-0.25, -0.2) is 0 Å². The minimum atomic E-state index is -4.50. The summed E-state index contributed by atoms with van der Waals surface area (Å²) < 4.78 is 49.8. The number of hydrogen-bond acceptors (Lipinski definition) is 2. The Morgan fingerprint density at radius 2 is 1.67 bits per heavy atom. The van der Waals surface area contributed by atoms with Crippen molar-refractivity contribution >= 4 is 16.6 Å². The molecule has 0 aliphatic rings. The van der Waals surface area contributed by atoms with Crippen molar-refractivity contribution in [2.75, 3.05) is 5.75 Å². The fraction of sp³-hybridized carbons (Fsp3) is 0.133. The van der Waals surface area contributed by atoms with Crippen molar-refractivity contribution in [1.82, 2.24) is 0 Å². The van der Waals surface area contributed by atoms with Gasteiger partial charge in [-0.2, -0.15) is 13.2 Å². The van der Waals surface area contributed by atoms with Crippen LogP contribution in [0.5, 0.6) is 0 Å². The van der Waals surface area contributed by atoms with Crippen molar-refractivity contribution in [3.63, 3.8) is 0 Å². The lowest BCUT2D eigenvalue weighted by atomic mass is 10.2. The molecule has 0 saturated heterocycles. The maximum atomic E-state index is 12.6. The fourth-order valence-corrected chi connectivity index (χ4v) is 2.78. The van der Waals surface area contributed by atoms with Crippen molar-refractivity contribution in [3.05, 3.63) is 65.7 Å². The largest absolute Gasteiger partial charge is 0.416 e. The smallest absolute Gasteiger partial charge is 0.293 e. The quantitative estimate of drug-likeness (QED) is 0.807. The van der Waals surface area contributed by atoms with E-state index in [4.69, 9.17) is 0 Å². The number of alkyl halides is 3. The van der Waals surface area contributed by atoms with Gasteiger partial charge in [0.2, 0.25) is 0 Å². The SMILES string of the molecule is O=C(CS(=O)c1cccc(C(F)(F)F)c1)c1ccccc1. The second-order valence-corrected chi connectivity index (χ2v) is 5.76. The number of carbonyl (C=O) groups excluding carboxylic acids is 1. The van der Waals surface area contributed by atoms with Crippen LogP contribution in [0.4, 0.5) is 13.2 Å². The first kappa shape index (κ1) is 15.4. The van der Waals surface area contributed by atoms with Crippen molar-refractivity contribution in [2.24, 2.45) is 0 Å². The van der Waals surface area contributed by atoms with Crippen LogP contribution in [0.2, 0.25) is 0 Å². The average Bonchev–Trinajstić information content (AvgIpc) is 2.47. The predicted molar refractivity (Wildman–Crippen MR) is 73.5 cm³/mol. The van der Waals surface area contributed by atoms with E-state index in [1.807, 2.05) is 0 Å². The molecule has 0 heterocycles. The molecule has 0 bridgehead atoms. The number of rotatable bonds is 4. The van der Waals surface area contributed by atoms with Crippen molar-refractivity contribution < 1.29 is 22.2 Å². The molecule has 6 heteroatoms. The third kappa shape index (κ3) is 4.01. The first-order valence-electron chi connectivity index (χ1n) is 6.02. The van der Waals surface area contributed by atoms with E-state index >= 15 is 0 Å². The zero-order valence-electron chi connectivity index (χ0n) is 10.8. The molecule has 0 aliphatic carbocycles. The maximum Gasteiger partial charge on any atom is 0.416 e. The first-order valence-corrected chi connectivity index (χ1v) is 7.34. The topological polar surface area (TPSA) is 34.1 Å². The van der Waals surface area contributed by atoms with Gasteiger partial charge in [-0.15, -0.1) is 0 Å². The standard InChI is InChI=1S/C15H11F3O2S/c16-15(17,18)12-7-4-8-13(9-12)21(20)10-14(19)11-5-2-1-3-6-11/h1-9H,10H2. The molecule has 2 rings (SSSR count). The minimum Gasteiger partial charge on any atom is -0.293 e. The number of ketones is 1. The molecular weight excluding hydrogens is 301 g/mol. The molecule has 2 aromatic rings. The van der Waals surface area contributed by atoms with E-state index in [2.05, 4.69) is 0 Å². The molecule has 0 spiro atoms. The normalized spacial score (nSPS) is 12.9. The number of Topliss-reactive ketones (excluding diaryl/α,β-unsaturated/α-hetero) is 1. The number of hydrogen-bond donors (Lipinski definition) is 0. The zero-order chi connectivity index (χ0) is 15.5. The molecule has 0 aromatic heterocycles. The summed E-state index contributed by atoms with van der Waals surface area (Å²) in [6.45, 7) is 0. The van der Waals surface area contributed by atoms with Gasteiger partial charge in [-0.1, -0.05) is 36.4 Å². The third-order valence-electron chi connectivity index (χ3n) is 2.78. The highest BCUT2D eigenvalue weighted by Crippen LogP contribution is 2.30. The van der Waals surface area contributed by atoms with Crippen LogP contribution in [-0.4, -0.2) is 15.7 Å². The van der Waals surface area contributed by atoms with Gasteiger partial charge in [0, 0.05) is 10.5 Å². The Bertz CT molecular complexity index is 666. The van der Waals surface area contributed by atoms with E-state index < -0.39 is 22.5 Å². The van der Waals surface area contributed by atoms with Crippen LogP contribution in [0, 0.1) is 0 Å². The van der Waals surface area contributed by atoms with Gasteiger partial charge in [-0.3, -0.25) is 9.00 Å². The lowest BCUT2D eigenvalue weighted by Gasteiger charge is -2.08. The highest BCUT2D eigenvalue weighted by Gasteiger charge is 2.30. The molecule has 0 N–H and O–H groups in total. The van der Waals surface area contributed by atoms with E-state index in [0.29, 0.717) is 5.56 Å². The Hall–Kier alpha value is -1.95. The molecule has 1 atom stereocenters. The van der Waals surface area contributed by atoms with Gasteiger partial charge >= 0.3 is 6.18 Å². The Morgan fingerprint density at radius 3 is 2.29 bits per heavy atom. The summed E-state index contributed by atoms with van der Waals surface area (Å²) >= 11 is 0. The summed E-state index contributed by atoms with van der Waals surface area (Å²) in [5.41, 5.74) is -0.488. The third-order valence-corrected chi connectivity index (χ3v) is 4.09. The van der Waals surface area contributed by atoms with E-state index in [1.54, 1.807) is 30.3 Å². The Morgan fingerprint density at radius 1 is 1.00 bits per heavy atom. The van der Waals surface area contributed by atoms with Crippen LogP contribution in [-0.2, 0) is 17.0 Å². The van der Waals surface area contributed by atoms with E-state index in [9.17, 15) is 22.2 Å². The van der Waals surface area contributed by atoms with E-state index in [-0.39, 0.29) is 16.4 Å². The molecular formula is C15H11F3O2S. The molecule has 0 fully saturated rings. The highest BCUT2D eigenvalue weighted by molar-refractivity contribution is 7.85. The molecule has 0 saturated carbocycles. The maximum absolute atomic E-state index is 12.6. The molecule has 0 aliphatic heterocycles. The Balaban J connectivity index is 2.16. The van der Waals surface area contributed by atoms with E-state index in [0.717, 1.165) is 12.1 Å². The molecule has 0 radical (unpaired) electrons. The van der Waals surface area contributed by atoms with Crippen molar-refractivity contribution in [2.45, 2.75) is 11.1 Å². The lowest BCUT2D eigenvalue weighted by molar-refractivity contribution is -0.137.